The molecule has 0 radical (unpaired) electrons. The number of carbonyl (C=O) groups excluding carboxylic acids is 1. The first kappa shape index (κ1) is 15.3. The van der Waals surface area contributed by atoms with Gasteiger partial charge in [0.1, 0.15) is 17.4 Å². The number of nitriles is 1. The molecule has 5 nitrogen and oxygen atoms in total. The van der Waals surface area contributed by atoms with E-state index in [0.717, 1.165) is 11.3 Å². The van der Waals surface area contributed by atoms with E-state index in [4.69, 9.17) is 16.9 Å². The summed E-state index contributed by atoms with van der Waals surface area (Å²) in [5.74, 6) is 1.27. The second-order valence-corrected chi connectivity index (χ2v) is 4.99. The molecule has 1 aromatic carbocycles. The number of nitrogens with one attached hydrogen (secondary N) is 1. The monoisotopic (exact) mass is 304 g/mol. The van der Waals surface area contributed by atoms with Gasteiger partial charge in [0.25, 0.3) is 0 Å². The maximum Gasteiger partial charge on any atom is 0.221 e. The summed E-state index contributed by atoms with van der Waals surface area (Å²) in [6.07, 6.45) is 0.988. The Balaban J connectivity index is 2.37. The first-order valence-electron chi connectivity index (χ1n) is 6.92. The summed E-state index contributed by atoms with van der Waals surface area (Å²) in [6.45, 7) is 3.04. The zero-order valence-electron chi connectivity index (χ0n) is 11.9. The van der Waals surface area contributed by atoms with Crippen molar-refractivity contribution < 1.29 is 4.79 Å². The fourth-order valence-electron chi connectivity index (χ4n) is 2.31. The summed E-state index contributed by atoms with van der Waals surface area (Å²) < 4.78 is 1.98. The van der Waals surface area contributed by atoms with E-state index in [2.05, 4.69) is 16.4 Å². The van der Waals surface area contributed by atoms with E-state index >= 15 is 0 Å². The van der Waals surface area contributed by atoms with Crippen molar-refractivity contribution in [3.63, 3.8) is 0 Å². The average molecular weight is 305 g/mol. The second-order valence-electron chi connectivity index (χ2n) is 4.61. The summed E-state index contributed by atoms with van der Waals surface area (Å²) in [6, 6.07) is 7.64. The van der Waals surface area contributed by atoms with Crippen molar-refractivity contribution in [1.29, 1.82) is 5.26 Å². The van der Waals surface area contributed by atoms with Crippen LogP contribution in [0.1, 0.15) is 24.7 Å². The molecule has 0 atom stereocenters. The molecule has 0 saturated carbocycles. The number of hydrogen-bond donors (Lipinski definition) is 1. The average Bonchev–Trinajstić information content (AvgIpc) is 2.83. The maximum atomic E-state index is 11.6. The van der Waals surface area contributed by atoms with Crippen molar-refractivity contribution in [2.24, 2.45) is 0 Å². The molecule has 1 N–H and O–H groups in total. The molecule has 0 spiro atoms. The molecule has 0 fully saturated rings. The van der Waals surface area contributed by atoms with Crippen LogP contribution in [-0.2, 0) is 17.8 Å². The third-order valence-corrected chi connectivity index (χ3v) is 3.42. The Labute approximate surface area is 128 Å². The maximum absolute atomic E-state index is 11.6. The number of hydrogen-bond acceptors (Lipinski definition) is 3. The first-order chi connectivity index (χ1) is 10.2. The van der Waals surface area contributed by atoms with Gasteiger partial charge in [0.05, 0.1) is 11.1 Å². The lowest BCUT2D eigenvalue weighted by molar-refractivity contribution is -0.121. The van der Waals surface area contributed by atoms with Gasteiger partial charge >= 0.3 is 0 Å². The van der Waals surface area contributed by atoms with E-state index in [1.54, 1.807) is 6.07 Å². The van der Waals surface area contributed by atoms with Gasteiger partial charge in [0, 0.05) is 31.8 Å². The molecule has 21 heavy (non-hydrogen) atoms. The van der Waals surface area contributed by atoms with E-state index in [0.29, 0.717) is 42.9 Å². The normalized spacial score (nSPS) is 10.5. The highest BCUT2D eigenvalue weighted by atomic mass is 35.5. The van der Waals surface area contributed by atoms with Crippen molar-refractivity contribution in [3.8, 4) is 6.07 Å². The number of para-hydroxylation sites is 1. The molecule has 2 rings (SSSR count). The minimum absolute atomic E-state index is 0.00705. The third-order valence-electron chi connectivity index (χ3n) is 3.23. The molecule has 0 saturated heterocycles. The number of nitrogens with zero attached hydrogens (tertiary/aromatic N) is 3. The first-order valence-corrected chi connectivity index (χ1v) is 7.45. The number of fused-ring (bicyclic) bond motifs is 1. The summed E-state index contributed by atoms with van der Waals surface area (Å²) in [5.41, 5.74) is 2.09. The number of alkyl halides is 1. The molecule has 0 unspecified atom stereocenters. The number of carbonyl (C=O) groups is 1. The number of aromatic nitrogens is 2. The molecule has 110 valence electrons. The van der Waals surface area contributed by atoms with Crippen molar-refractivity contribution in [2.75, 3.05) is 12.4 Å². The van der Waals surface area contributed by atoms with Crippen LogP contribution in [0.5, 0.6) is 0 Å². The molecule has 1 heterocycles. The zero-order chi connectivity index (χ0) is 15.2. The van der Waals surface area contributed by atoms with Crippen LogP contribution in [0.2, 0.25) is 0 Å². The van der Waals surface area contributed by atoms with Crippen LogP contribution in [0, 0.1) is 11.3 Å². The molecule has 0 aliphatic heterocycles. The molecule has 0 aliphatic carbocycles. The SMILES string of the molecule is CCNC(=O)CCn1c(CCCl)nc2c(C#N)cccc21. The van der Waals surface area contributed by atoms with Gasteiger partial charge in [-0.05, 0) is 19.1 Å². The van der Waals surface area contributed by atoms with Crippen LogP contribution < -0.4 is 5.32 Å². The summed E-state index contributed by atoms with van der Waals surface area (Å²) >= 11 is 5.82. The van der Waals surface area contributed by atoms with Gasteiger partial charge in [-0.25, -0.2) is 4.98 Å². The second kappa shape index (κ2) is 7.09. The number of imidazole rings is 1. The highest BCUT2D eigenvalue weighted by Crippen LogP contribution is 2.20. The highest BCUT2D eigenvalue weighted by Gasteiger charge is 2.14. The predicted molar refractivity (Wildman–Crippen MR) is 82.2 cm³/mol. The lowest BCUT2D eigenvalue weighted by Gasteiger charge is -2.08. The molecular formula is C15H17ClN4O. The Morgan fingerprint density at radius 1 is 1.52 bits per heavy atom. The Bertz CT molecular complexity index is 687. The lowest BCUT2D eigenvalue weighted by atomic mass is 10.2. The van der Waals surface area contributed by atoms with E-state index in [-0.39, 0.29) is 5.91 Å². The minimum atomic E-state index is 0.00705. The Morgan fingerprint density at radius 2 is 2.33 bits per heavy atom. The van der Waals surface area contributed by atoms with Gasteiger partial charge in [0.15, 0.2) is 0 Å². The van der Waals surface area contributed by atoms with Gasteiger partial charge in [-0.1, -0.05) is 6.07 Å². The molecule has 0 bridgehead atoms. The van der Waals surface area contributed by atoms with Crippen LogP contribution in [0.3, 0.4) is 0 Å². The van der Waals surface area contributed by atoms with Crippen molar-refractivity contribution in [2.45, 2.75) is 26.3 Å². The van der Waals surface area contributed by atoms with Gasteiger partial charge < -0.3 is 9.88 Å². The van der Waals surface area contributed by atoms with Crippen LogP contribution in [0.25, 0.3) is 11.0 Å². The van der Waals surface area contributed by atoms with Gasteiger partial charge in [-0.15, -0.1) is 11.6 Å². The van der Waals surface area contributed by atoms with Crippen LogP contribution >= 0.6 is 11.6 Å². The predicted octanol–water partition coefficient (Wildman–Crippen LogP) is 2.22. The third kappa shape index (κ3) is 3.34. The Morgan fingerprint density at radius 3 is 3.00 bits per heavy atom. The van der Waals surface area contributed by atoms with Crippen LogP contribution in [0.4, 0.5) is 0 Å². The van der Waals surface area contributed by atoms with Gasteiger partial charge in [-0.2, -0.15) is 5.26 Å². The number of rotatable bonds is 6. The molecule has 2 aromatic rings. The quantitative estimate of drug-likeness (QED) is 0.832. The van der Waals surface area contributed by atoms with Crippen LogP contribution in [0.15, 0.2) is 18.2 Å². The zero-order valence-corrected chi connectivity index (χ0v) is 12.7. The number of benzene rings is 1. The molecule has 1 aromatic heterocycles. The number of aryl methyl sites for hydroxylation is 2. The fraction of sp³-hybridized carbons (Fsp3) is 0.400. The van der Waals surface area contributed by atoms with Gasteiger partial charge in [0.2, 0.25) is 5.91 Å². The van der Waals surface area contributed by atoms with Gasteiger partial charge in [-0.3, -0.25) is 4.79 Å². The van der Waals surface area contributed by atoms with Crippen molar-refractivity contribution >= 4 is 28.5 Å². The smallest absolute Gasteiger partial charge is 0.221 e. The Kier molecular flexibility index (Phi) is 5.18. The number of amides is 1. The standard InChI is InChI=1S/C15H17ClN4O/c1-2-18-14(21)7-9-20-12-5-3-4-11(10-17)15(12)19-13(20)6-8-16/h3-5H,2,6-9H2,1H3,(H,18,21). The van der Waals surface area contributed by atoms with Crippen LogP contribution in [-0.4, -0.2) is 27.9 Å². The van der Waals surface area contributed by atoms with E-state index in [1.165, 1.54) is 0 Å². The fourth-order valence-corrected chi connectivity index (χ4v) is 2.48. The molecular weight excluding hydrogens is 288 g/mol. The van der Waals surface area contributed by atoms with Crippen molar-refractivity contribution in [3.05, 3.63) is 29.6 Å². The molecule has 1 amide bonds. The van der Waals surface area contributed by atoms with E-state index in [1.807, 2.05) is 23.6 Å². The summed E-state index contributed by atoms with van der Waals surface area (Å²) in [7, 11) is 0. The Hall–Kier alpha value is -2.06. The summed E-state index contributed by atoms with van der Waals surface area (Å²) in [5, 5.41) is 11.9. The van der Waals surface area contributed by atoms with Crippen molar-refractivity contribution in [1.82, 2.24) is 14.9 Å². The molecule has 6 heteroatoms. The topological polar surface area (TPSA) is 70.7 Å². The highest BCUT2D eigenvalue weighted by molar-refractivity contribution is 6.17. The van der Waals surface area contributed by atoms with E-state index in [9.17, 15) is 4.79 Å². The minimum Gasteiger partial charge on any atom is -0.356 e. The number of halogens is 1. The molecule has 0 aliphatic rings. The lowest BCUT2D eigenvalue weighted by Crippen LogP contribution is -2.24. The van der Waals surface area contributed by atoms with E-state index < -0.39 is 0 Å². The largest absolute Gasteiger partial charge is 0.356 e. The summed E-state index contributed by atoms with van der Waals surface area (Å²) in [4.78, 5) is 16.2.